The maximum absolute atomic E-state index is 4.69. The van der Waals surface area contributed by atoms with Crippen LogP contribution in [0.5, 0.6) is 0 Å². The first kappa shape index (κ1) is 8.30. The number of allylic oxidation sites excluding steroid dienone is 2. The van der Waals surface area contributed by atoms with Gasteiger partial charge in [-0.1, -0.05) is 6.58 Å². The van der Waals surface area contributed by atoms with Crippen molar-refractivity contribution in [3.63, 3.8) is 0 Å². The van der Waals surface area contributed by atoms with Crippen LogP contribution in [0.3, 0.4) is 0 Å². The monoisotopic (exact) mass is 144 g/mol. The van der Waals surface area contributed by atoms with E-state index >= 15 is 0 Å². The van der Waals surface area contributed by atoms with Gasteiger partial charge in [0.2, 0.25) is 10.5 Å². The molecule has 0 radical (unpaired) electrons. The van der Waals surface area contributed by atoms with Gasteiger partial charge in [-0.2, -0.15) is 0 Å². The molecule has 0 unspecified atom stereocenters. The van der Waals surface area contributed by atoms with Crippen molar-refractivity contribution in [3.05, 3.63) is 24.4 Å². The van der Waals surface area contributed by atoms with Crippen LogP contribution in [-0.2, 0) is 9.16 Å². The molecule has 2 nitrogen and oxygen atoms in total. The molecule has 52 valence electrons. The molecule has 0 saturated carbocycles. The first-order chi connectivity index (χ1) is 4.16. The van der Waals surface area contributed by atoms with E-state index in [1.807, 2.05) is 13.8 Å². The molecule has 0 spiro atoms. The first-order valence-electron chi connectivity index (χ1n) is 2.69. The van der Waals surface area contributed by atoms with Gasteiger partial charge in [0.1, 0.15) is 12.0 Å². The predicted octanol–water partition coefficient (Wildman–Crippen LogP) is 0.695. The van der Waals surface area contributed by atoms with Crippen LogP contribution in [0.1, 0.15) is 13.8 Å². The number of hydrogen-bond acceptors (Lipinski definition) is 2. The molecule has 0 atom stereocenters. The van der Waals surface area contributed by atoms with E-state index in [4.69, 9.17) is 4.43 Å². The Bertz CT molecular complexity index is 129. The van der Waals surface area contributed by atoms with Crippen LogP contribution >= 0.6 is 0 Å². The third-order valence-electron chi connectivity index (χ3n) is 0.702. The quantitative estimate of drug-likeness (QED) is 0.399. The van der Waals surface area contributed by atoms with Gasteiger partial charge >= 0.3 is 0 Å². The highest BCUT2D eigenvalue weighted by molar-refractivity contribution is 5.98. The zero-order chi connectivity index (χ0) is 7.28. The summed E-state index contributed by atoms with van der Waals surface area (Å²) in [5.41, 5.74) is 0. The number of ether oxygens (including phenoxy) is 1. The van der Waals surface area contributed by atoms with Gasteiger partial charge < -0.3 is 9.16 Å². The van der Waals surface area contributed by atoms with E-state index in [0.717, 1.165) is 22.0 Å². The molecule has 0 amide bonds. The Kier molecular flexibility index (Phi) is 3.87. The van der Waals surface area contributed by atoms with Crippen LogP contribution in [0.4, 0.5) is 0 Å². The maximum atomic E-state index is 4.69. The average Bonchev–Trinajstić information content (AvgIpc) is 2.53. The lowest BCUT2D eigenvalue weighted by Crippen LogP contribution is -1.73. The Balaban J connectivity index is 0.000000144. The van der Waals surface area contributed by atoms with E-state index < -0.39 is 0 Å². The lowest BCUT2D eigenvalue weighted by Gasteiger charge is -1.89. The zero-order valence-electron chi connectivity index (χ0n) is 6.10. The summed E-state index contributed by atoms with van der Waals surface area (Å²) >= 11 is 0. The second-order valence-corrected chi connectivity index (χ2v) is 2.16. The number of rotatable bonds is 1. The SMILES string of the molecule is C=C(C)O[SiH3].CC1=CO1. The minimum absolute atomic E-state index is 0.774. The van der Waals surface area contributed by atoms with E-state index in [2.05, 4.69) is 11.3 Å². The summed E-state index contributed by atoms with van der Waals surface area (Å²) in [6, 6.07) is 0. The third kappa shape index (κ3) is 11.1. The Morgan fingerprint density at radius 3 is 2.11 bits per heavy atom. The Labute approximate surface area is 58.7 Å². The molecule has 1 heterocycles. The molecule has 0 aromatic heterocycles. The van der Waals surface area contributed by atoms with Gasteiger partial charge in [-0.3, -0.25) is 0 Å². The summed E-state index contributed by atoms with van der Waals surface area (Å²) < 4.78 is 9.19. The first-order valence-corrected chi connectivity index (χ1v) is 3.51. The highest BCUT2D eigenvalue weighted by Crippen LogP contribution is 2.08. The average molecular weight is 144 g/mol. The zero-order valence-corrected chi connectivity index (χ0v) is 8.10. The second kappa shape index (κ2) is 4.20. The fourth-order valence-electron chi connectivity index (χ4n) is 0.0589. The summed E-state index contributed by atoms with van der Waals surface area (Å²) in [5.74, 6) is 1.86. The van der Waals surface area contributed by atoms with Crippen molar-refractivity contribution < 1.29 is 9.16 Å². The highest BCUT2D eigenvalue weighted by Gasteiger charge is 1.95. The molecule has 1 aliphatic rings. The summed E-state index contributed by atoms with van der Waals surface area (Å²) in [5, 5.41) is 0. The minimum Gasteiger partial charge on any atom is -0.557 e. The van der Waals surface area contributed by atoms with Crippen molar-refractivity contribution >= 4 is 10.5 Å². The van der Waals surface area contributed by atoms with Gasteiger partial charge in [0.15, 0.2) is 0 Å². The van der Waals surface area contributed by atoms with E-state index in [1.54, 1.807) is 6.26 Å². The standard InChI is InChI=1S/C3H8OSi.C3H4O/c1-3(2)4-5;1-3-2-4-3/h1H2,2,5H3;2H,1H3. The van der Waals surface area contributed by atoms with Crippen molar-refractivity contribution in [1.29, 1.82) is 0 Å². The summed E-state index contributed by atoms with van der Waals surface area (Å²) in [4.78, 5) is 0. The van der Waals surface area contributed by atoms with Crippen LogP contribution in [-0.4, -0.2) is 10.5 Å². The molecule has 1 aliphatic heterocycles. The molecule has 0 fully saturated rings. The van der Waals surface area contributed by atoms with Crippen molar-refractivity contribution in [2.24, 2.45) is 0 Å². The molecule has 3 heteroatoms. The van der Waals surface area contributed by atoms with Gasteiger partial charge in [0, 0.05) is 0 Å². The summed E-state index contributed by atoms with van der Waals surface area (Å²) in [7, 11) is 0.774. The lowest BCUT2D eigenvalue weighted by atomic mass is 10.7. The van der Waals surface area contributed by atoms with Gasteiger partial charge in [-0.25, -0.2) is 0 Å². The molecule has 9 heavy (non-hydrogen) atoms. The molecule has 1 rings (SSSR count). The summed E-state index contributed by atoms with van der Waals surface area (Å²) in [6.07, 6.45) is 1.71. The Morgan fingerprint density at radius 1 is 1.89 bits per heavy atom. The van der Waals surface area contributed by atoms with Gasteiger partial charge in [-0.05, 0) is 13.8 Å². The molecule has 0 aromatic rings. The molecule has 0 bridgehead atoms. The van der Waals surface area contributed by atoms with Gasteiger partial charge in [0.25, 0.3) is 0 Å². The van der Waals surface area contributed by atoms with Crippen molar-refractivity contribution in [2.45, 2.75) is 13.8 Å². The van der Waals surface area contributed by atoms with Crippen molar-refractivity contribution in [3.8, 4) is 0 Å². The minimum atomic E-state index is 0.774. The van der Waals surface area contributed by atoms with E-state index in [1.165, 1.54) is 0 Å². The molecular weight excluding hydrogens is 132 g/mol. The molecule has 0 N–H and O–H groups in total. The molecule has 0 saturated heterocycles. The van der Waals surface area contributed by atoms with Crippen LogP contribution in [0.25, 0.3) is 0 Å². The van der Waals surface area contributed by atoms with Gasteiger partial charge in [0.05, 0.1) is 5.76 Å². The van der Waals surface area contributed by atoms with Crippen LogP contribution < -0.4 is 0 Å². The fourth-order valence-corrected chi connectivity index (χ4v) is 0.0589. The second-order valence-electron chi connectivity index (χ2n) is 1.75. The molecule has 0 aromatic carbocycles. The lowest BCUT2D eigenvalue weighted by molar-refractivity contribution is 0.476. The summed E-state index contributed by atoms with van der Waals surface area (Å²) in [6.45, 7) is 7.24. The topological polar surface area (TPSA) is 21.8 Å². The van der Waals surface area contributed by atoms with E-state index in [0.29, 0.717) is 0 Å². The van der Waals surface area contributed by atoms with Crippen molar-refractivity contribution in [2.75, 3.05) is 0 Å². The Morgan fingerprint density at radius 2 is 2.11 bits per heavy atom. The van der Waals surface area contributed by atoms with E-state index in [9.17, 15) is 0 Å². The normalized spacial score (nSPS) is 12.0. The Hall–Kier alpha value is -0.703. The predicted molar refractivity (Wildman–Crippen MR) is 40.7 cm³/mol. The van der Waals surface area contributed by atoms with Crippen LogP contribution in [0.2, 0.25) is 0 Å². The third-order valence-corrected chi connectivity index (χ3v) is 1.40. The van der Waals surface area contributed by atoms with Crippen LogP contribution in [0.15, 0.2) is 24.4 Å². The van der Waals surface area contributed by atoms with E-state index in [-0.39, 0.29) is 0 Å². The van der Waals surface area contributed by atoms with Gasteiger partial charge in [-0.15, -0.1) is 0 Å². The van der Waals surface area contributed by atoms with Crippen LogP contribution in [0, 0.1) is 0 Å². The molecular formula is C6H12O2Si. The highest BCUT2D eigenvalue weighted by atomic mass is 28.2. The molecule has 0 aliphatic carbocycles. The smallest absolute Gasteiger partial charge is 0.203 e. The maximum Gasteiger partial charge on any atom is 0.203 e. The fraction of sp³-hybridized carbons (Fsp3) is 0.333. The number of hydrogen-bond donors (Lipinski definition) is 0. The largest absolute Gasteiger partial charge is 0.557 e. The van der Waals surface area contributed by atoms with Crippen molar-refractivity contribution in [1.82, 2.24) is 0 Å².